The van der Waals surface area contributed by atoms with Gasteiger partial charge < -0.3 is 5.32 Å². The smallest absolute Gasteiger partial charge is 0.0947 e. The summed E-state index contributed by atoms with van der Waals surface area (Å²) in [6, 6.07) is 27.0. The third kappa shape index (κ3) is 2.80. The predicted octanol–water partition coefficient (Wildman–Crippen LogP) is 5.74. The summed E-state index contributed by atoms with van der Waals surface area (Å²) in [6.07, 6.45) is 0. The van der Waals surface area contributed by atoms with E-state index in [1.807, 2.05) is 24.3 Å². The molecule has 1 unspecified atom stereocenters. The molecule has 23 heavy (non-hydrogen) atoms. The number of hydrogen-bond acceptors (Lipinski definition) is 2. The van der Waals surface area contributed by atoms with Gasteiger partial charge in [0.25, 0.3) is 0 Å². The molecule has 1 aliphatic heterocycles. The van der Waals surface area contributed by atoms with Crippen molar-refractivity contribution in [3.63, 3.8) is 0 Å². The molecule has 3 heteroatoms. The molecular weight excluding hydrogens is 348 g/mol. The molecule has 1 atom stereocenters. The molecule has 1 aliphatic rings. The number of nitrogens with zero attached hydrogens (tertiary/aromatic N) is 1. The normalized spacial score (nSPS) is 16.2. The van der Waals surface area contributed by atoms with E-state index in [1.54, 1.807) is 0 Å². The molecule has 1 heterocycles. The van der Waals surface area contributed by atoms with Crippen LogP contribution in [-0.2, 0) is 0 Å². The average Bonchev–Trinajstić information content (AvgIpc) is 2.62. The van der Waals surface area contributed by atoms with Crippen molar-refractivity contribution in [1.29, 1.82) is 0 Å². The third-order valence-corrected chi connectivity index (χ3v) is 4.52. The zero-order chi connectivity index (χ0) is 15.6. The molecule has 0 radical (unpaired) electrons. The SMILES string of the molecule is Brc1ccc(C2=Nc3ccccc3NC2c2ccccc2)cc1. The minimum Gasteiger partial charge on any atom is -0.371 e. The van der Waals surface area contributed by atoms with E-state index >= 15 is 0 Å². The number of anilines is 1. The van der Waals surface area contributed by atoms with E-state index < -0.39 is 0 Å². The van der Waals surface area contributed by atoms with Crippen LogP contribution in [0.1, 0.15) is 17.2 Å². The lowest BCUT2D eigenvalue weighted by Gasteiger charge is -2.28. The summed E-state index contributed by atoms with van der Waals surface area (Å²) in [7, 11) is 0. The summed E-state index contributed by atoms with van der Waals surface area (Å²) in [4.78, 5) is 4.94. The molecule has 0 amide bonds. The number of fused-ring (bicyclic) bond motifs is 1. The molecule has 0 fully saturated rings. The molecule has 1 N–H and O–H groups in total. The molecule has 112 valence electrons. The second kappa shape index (κ2) is 6.01. The highest BCUT2D eigenvalue weighted by Gasteiger charge is 2.24. The van der Waals surface area contributed by atoms with Crippen LogP contribution in [-0.4, -0.2) is 5.71 Å². The highest BCUT2D eigenvalue weighted by Crippen LogP contribution is 2.36. The fourth-order valence-electron chi connectivity index (χ4n) is 2.85. The molecular formula is C20H15BrN2. The van der Waals surface area contributed by atoms with Crippen molar-refractivity contribution >= 4 is 33.0 Å². The van der Waals surface area contributed by atoms with Crippen molar-refractivity contribution in [3.8, 4) is 0 Å². The minimum atomic E-state index is 0.0484. The van der Waals surface area contributed by atoms with Gasteiger partial charge in [-0.2, -0.15) is 0 Å². The Bertz CT molecular complexity index is 854. The van der Waals surface area contributed by atoms with Crippen LogP contribution in [0.3, 0.4) is 0 Å². The first kappa shape index (κ1) is 14.2. The summed E-state index contributed by atoms with van der Waals surface area (Å²) in [5.41, 5.74) is 5.44. The first-order chi connectivity index (χ1) is 11.3. The van der Waals surface area contributed by atoms with Gasteiger partial charge in [0.2, 0.25) is 0 Å². The Morgan fingerprint density at radius 3 is 2.26 bits per heavy atom. The van der Waals surface area contributed by atoms with Crippen molar-refractivity contribution in [2.75, 3.05) is 5.32 Å². The van der Waals surface area contributed by atoms with Crippen LogP contribution >= 0.6 is 15.9 Å². The highest BCUT2D eigenvalue weighted by atomic mass is 79.9. The topological polar surface area (TPSA) is 24.4 Å². The van der Waals surface area contributed by atoms with E-state index in [2.05, 4.69) is 75.8 Å². The number of nitrogens with one attached hydrogen (secondary N) is 1. The van der Waals surface area contributed by atoms with Gasteiger partial charge in [0.15, 0.2) is 0 Å². The fraction of sp³-hybridized carbons (Fsp3) is 0.0500. The maximum Gasteiger partial charge on any atom is 0.0947 e. The molecule has 0 aromatic heterocycles. The Balaban J connectivity index is 1.86. The van der Waals surface area contributed by atoms with E-state index in [0.29, 0.717) is 0 Å². The van der Waals surface area contributed by atoms with Crippen molar-refractivity contribution in [2.45, 2.75) is 6.04 Å². The molecule has 0 aliphatic carbocycles. The lowest BCUT2D eigenvalue weighted by molar-refractivity contribution is 1.01. The van der Waals surface area contributed by atoms with E-state index in [9.17, 15) is 0 Å². The molecule has 0 saturated carbocycles. The van der Waals surface area contributed by atoms with E-state index in [-0.39, 0.29) is 6.04 Å². The van der Waals surface area contributed by atoms with Crippen LogP contribution in [0, 0.1) is 0 Å². The quantitative estimate of drug-likeness (QED) is 0.617. The number of hydrogen-bond donors (Lipinski definition) is 1. The number of benzene rings is 3. The fourth-order valence-corrected chi connectivity index (χ4v) is 3.11. The average molecular weight is 363 g/mol. The summed E-state index contributed by atoms with van der Waals surface area (Å²) in [5.74, 6) is 0. The zero-order valence-corrected chi connectivity index (χ0v) is 14.0. The number of halogens is 1. The van der Waals surface area contributed by atoms with Crippen molar-refractivity contribution in [3.05, 3.63) is 94.5 Å². The Morgan fingerprint density at radius 2 is 1.48 bits per heavy atom. The van der Waals surface area contributed by atoms with Gasteiger partial charge in [0, 0.05) is 4.47 Å². The molecule has 0 spiro atoms. The van der Waals surface area contributed by atoms with Gasteiger partial charge in [-0.05, 0) is 35.4 Å². The van der Waals surface area contributed by atoms with Crippen LogP contribution in [0.5, 0.6) is 0 Å². The van der Waals surface area contributed by atoms with Crippen molar-refractivity contribution < 1.29 is 0 Å². The number of aliphatic imine (C=N–C) groups is 1. The van der Waals surface area contributed by atoms with Gasteiger partial charge in [0.05, 0.1) is 23.1 Å². The summed E-state index contributed by atoms with van der Waals surface area (Å²) < 4.78 is 1.07. The summed E-state index contributed by atoms with van der Waals surface area (Å²) >= 11 is 3.50. The highest BCUT2D eigenvalue weighted by molar-refractivity contribution is 9.10. The molecule has 0 saturated heterocycles. The van der Waals surface area contributed by atoms with E-state index in [4.69, 9.17) is 4.99 Å². The van der Waals surface area contributed by atoms with Gasteiger partial charge in [-0.1, -0.05) is 70.5 Å². The molecule has 4 rings (SSSR count). The maximum atomic E-state index is 4.94. The van der Waals surface area contributed by atoms with Gasteiger partial charge in [-0.3, -0.25) is 0 Å². The minimum absolute atomic E-state index is 0.0484. The second-order valence-corrected chi connectivity index (χ2v) is 6.42. The standard InChI is InChI=1S/C20H15BrN2/c21-16-12-10-15(11-13-16)20-19(14-6-2-1-3-7-14)22-17-8-4-5-9-18(17)23-20/h1-13,19,22H. The first-order valence-corrected chi connectivity index (χ1v) is 8.35. The molecule has 0 bridgehead atoms. The number of para-hydroxylation sites is 2. The van der Waals surface area contributed by atoms with E-state index in [0.717, 1.165) is 27.1 Å². The number of rotatable bonds is 2. The zero-order valence-electron chi connectivity index (χ0n) is 12.4. The third-order valence-electron chi connectivity index (χ3n) is 3.99. The largest absolute Gasteiger partial charge is 0.371 e. The Hall–Kier alpha value is -2.39. The van der Waals surface area contributed by atoms with Crippen molar-refractivity contribution in [1.82, 2.24) is 0 Å². The monoisotopic (exact) mass is 362 g/mol. The molecule has 2 nitrogen and oxygen atoms in total. The molecule has 3 aromatic rings. The lowest BCUT2D eigenvalue weighted by atomic mass is 9.94. The van der Waals surface area contributed by atoms with Crippen LogP contribution in [0.2, 0.25) is 0 Å². The van der Waals surface area contributed by atoms with Crippen LogP contribution in [0.25, 0.3) is 0 Å². The van der Waals surface area contributed by atoms with Crippen molar-refractivity contribution in [2.24, 2.45) is 4.99 Å². The van der Waals surface area contributed by atoms with E-state index in [1.165, 1.54) is 5.56 Å². The van der Waals surface area contributed by atoms with Crippen LogP contribution in [0.15, 0.2) is 88.3 Å². The van der Waals surface area contributed by atoms with Gasteiger partial charge in [0.1, 0.15) is 0 Å². The Morgan fingerprint density at radius 1 is 0.783 bits per heavy atom. The Labute approximate surface area is 144 Å². The second-order valence-electron chi connectivity index (χ2n) is 5.51. The van der Waals surface area contributed by atoms with Gasteiger partial charge >= 0.3 is 0 Å². The summed E-state index contributed by atoms with van der Waals surface area (Å²) in [5, 5.41) is 3.63. The first-order valence-electron chi connectivity index (χ1n) is 7.56. The van der Waals surface area contributed by atoms with Crippen LogP contribution in [0.4, 0.5) is 11.4 Å². The molecule has 3 aromatic carbocycles. The van der Waals surface area contributed by atoms with Crippen LogP contribution < -0.4 is 5.32 Å². The Kier molecular flexibility index (Phi) is 3.72. The van der Waals surface area contributed by atoms with Gasteiger partial charge in [-0.25, -0.2) is 4.99 Å². The lowest BCUT2D eigenvalue weighted by Crippen LogP contribution is -2.24. The summed E-state index contributed by atoms with van der Waals surface area (Å²) in [6.45, 7) is 0. The van der Waals surface area contributed by atoms with Gasteiger partial charge in [-0.15, -0.1) is 0 Å². The predicted molar refractivity (Wildman–Crippen MR) is 99.6 cm³/mol. The maximum absolute atomic E-state index is 4.94.